The molecule has 2 aliphatic rings. The fourth-order valence-corrected chi connectivity index (χ4v) is 3.91. The van der Waals surface area contributed by atoms with Crippen molar-refractivity contribution in [3.8, 4) is 5.75 Å². The van der Waals surface area contributed by atoms with Crippen LogP contribution in [0.1, 0.15) is 55.3 Å². The third-order valence-corrected chi connectivity index (χ3v) is 5.15. The van der Waals surface area contributed by atoms with Gasteiger partial charge in [-0.25, -0.2) is 0 Å². The zero-order chi connectivity index (χ0) is 16.2. The van der Waals surface area contributed by atoms with E-state index in [-0.39, 0.29) is 30.2 Å². The van der Waals surface area contributed by atoms with Crippen LogP contribution in [-0.4, -0.2) is 25.0 Å². The molecule has 0 spiro atoms. The number of rotatable bonds is 4. The Hall–Kier alpha value is -1.84. The Balaban J connectivity index is 1.84. The number of carbonyl (C=O) groups is 2. The van der Waals surface area contributed by atoms with Crippen molar-refractivity contribution in [3.63, 3.8) is 0 Å². The molecule has 0 aromatic heterocycles. The molecule has 1 aliphatic heterocycles. The molecule has 4 nitrogen and oxygen atoms in total. The molecule has 23 heavy (non-hydrogen) atoms. The molecule has 1 aliphatic carbocycles. The van der Waals surface area contributed by atoms with Crippen LogP contribution in [-0.2, 0) is 9.53 Å². The molecular weight excluding hydrogens is 292 g/mol. The number of benzene rings is 1. The summed E-state index contributed by atoms with van der Waals surface area (Å²) in [4.78, 5) is 24.5. The number of Topliss-reactive ketones (excluding diaryl/α,β-unsaturated/α-hetero) is 1. The highest BCUT2D eigenvalue weighted by molar-refractivity contribution is 6.01. The molecule has 4 heteroatoms. The van der Waals surface area contributed by atoms with E-state index in [1.54, 1.807) is 0 Å². The average Bonchev–Trinajstić information content (AvgIpc) is 2.61. The molecule has 124 valence electrons. The maximum absolute atomic E-state index is 12.9. The summed E-state index contributed by atoms with van der Waals surface area (Å²) in [5.41, 5.74) is 0.648. The molecule has 1 fully saturated rings. The number of fused-ring (bicyclic) bond motifs is 1. The minimum absolute atomic E-state index is 0.109. The van der Waals surface area contributed by atoms with E-state index in [2.05, 4.69) is 0 Å². The van der Waals surface area contributed by atoms with Gasteiger partial charge in [0.25, 0.3) is 0 Å². The first kappa shape index (κ1) is 16.0. The Labute approximate surface area is 137 Å². The van der Waals surface area contributed by atoms with Gasteiger partial charge in [-0.1, -0.05) is 31.4 Å². The van der Waals surface area contributed by atoms with E-state index >= 15 is 0 Å². The fourth-order valence-electron chi connectivity index (χ4n) is 3.91. The number of carbonyl (C=O) groups excluding carboxylic acids is 2. The van der Waals surface area contributed by atoms with Crippen molar-refractivity contribution in [2.75, 3.05) is 7.11 Å². The lowest BCUT2D eigenvalue weighted by Crippen LogP contribution is -2.43. The van der Waals surface area contributed by atoms with Gasteiger partial charge in [-0.05, 0) is 37.3 Å². The highest BCUT2D eigenvalue weighted by atomic mass is 16.5. The van der Waals surface area contributed by atoms with Crippen LogP contribution in [0.15, 0.2) is 24.3 Å². The number of esters is 1. The molecule has 1 saturated carbocycles. The quantitative estimate of drug-likeness (QED) is 0.793. The Bertz CT molecular complexity index is 574. The molecule has 1 aromatic rings. The first-order valence-electron chi connectivity index (χ1n) is 8.57. The zero-order valence-electron chi connectivity index (χ0n) is 13.6. The van der Waals surface area contributed by atoms with Crippen LogP contribution in [0.4, 0.5) is 0 Å². The molecule has 3 rings (SSSR count). The van der Waals surface area contributed by atoms with E-state index in [0.717, 1.165) is 12.8 Å². The van der Waals surface area contributed by atoms with Crippen LogP contribution in [0.25, 0.3) is 0 Å². The smallest absolute Gasteiger partial charge is 0.305 e. The van der Waals surface area contributed by atoms with Gasteiger partial charge in [0.05, 0.1) is 18.6 Å². The van der Waals surface area contributed by atoms with Crippen LogP contribution in [0, 0.1) is 11.8 Å². The minimum Gasteiger partial charge on any atom is -0.489 e. The molecule has 0 saturated heterocycles. The summed E-state index contributed by atoms with van der Waals surface area (Å²) in [6, 6.07) is 7.46. The molecule has 1 heterocycles. The summed E-state index contributed by atoms with van der Waals surface area (Å²) in [6.07, 6.45) is 6.53. The second-order valence-electron chi connectivity index (χ2n) is 6.56. The lowest BCUT2D eigenvalue weighted by molar-refractivity contribution is -0.141. The van der Waals surface area contributed by atoms with Crippen LogP contribution < -0.4 is 4.74 Å². The van der Waals surface area contributed by atoms with Gasteiger partial charge in [-0.15, -0.1) is 0 Å². The predicted octanol–water partition coefficient (Wildman–Crippen LogP) is 3.78. The van der Waals surface area contributed by atoms with Gasteiger partial charge in [0.15, 0.2) is 5.78 Å². The maximum Gasteiger partial charge on any atom is 0.305 e. The van der Waals surface area contributed by atoms with E-state index in [4.69, 9.17) is 9.47 Å². The molecule has 0 bridgehead atoms. The number of ketones is 1. The maximum atomic E-state index is 12.9. The van der Waals surface area contributed by atoms with Crippen LogP contribution in [0.3, 0.4) is 0 Å². The second kappa shape index (κ2) is 7.16. The van der Waals surface area contributed by atoms with E-state index in [9.17, 15) is 9.59 Å². The molecule has 2 unspecified atom stereocenters. The van der Waals surface area contributed by atoms with Crippen LogP contribution >= 0.6 is 0 Å². The van der Waals surface area contributed by atoms with Gasteiger partial charge < -0.3 is 9.47 Å². The minimum atomic E-state index is -0.265. The Morgan fingerprint density at radius 2 is 1.96 bits per heavy atom. The van der Waals surface area contributed by atoms with Crippen molar-refractivity contribution in [1.29, 1.82) is 0 Å². The average molecular weight is 316 g/mol. The third-order valence-electron chi connectivity index (χ3n) is 5.15. The SMILES string of the molecule is COC(=O)CCC1C(=O)c2ccccc2OC1C1CCCCC1. The third kappa shape index (κ3) is 3.41. The predicted molar refractivity (Wildman–Crippen MR) is 86.5 cm³/mol. The normalized spacial score (nSPS) is 24.7. The Kier molecular flexibility index (Phi) is 4.99. The number of hydrogen-bond acceptors (Lipinski definition) is 4. The standard InChI is InChI=1S/C19H24O4/c1-22-17(20)12-11-15-18(21)14-9-5-6-10-16(14)23-19(15)13-7-3-2-4-8-13/h5-6,9-10,13,15,19H,2-4,7-8,11-12H2,1H3. The molecule has 2 atom stereocenters. The van der Waals surface area contributed by atoms with E-state index < -0.39 is 0 Å². The molecular formula is C19H24O4. The van der Waals surface area contributed by atoms with Gasteiger partial charge in [0.1, 0.15) is 11.9 Å². The Morgan fingerprint density at radius 3 is 2.70 bits per heavy atom. The Morgan fingerprint density at radius 1 is 1.22 bits per heavy atom. The fraction of sp³-hybridized carbons (Fsp3) is 0.579. The molecule has 0 radical (unpaired) electrons. The van der Waals surface area contributed by atoms with Crippen molar-refractivity contribution in [2.24, 2.45) is 11.8 Å². The van der Waals surface area contributed by atoms with Crippen molar-refractivity contribution < 1.29 is 19.1 Å². The summed E-state index contributed by atoms with van der Waals surface area (Å²) in [7, 11) is 1.38. The molecule has 1 aromatic carbocycles. The summed E-state index contributed by atoms with van der Waals surface area (Å²) < 4.78 is 11.0. The molecule has 0 N–H and O–H groups in total. The highest BCUT2D eigenvalue weighted by Crippen LogP contribution is 2.40. The van der Waals surface area contributed by atoms with Crippen LogP contribution in [0.2, 0.25) is 0 Å². The van der Waals surface area contributed by atoms with Gasteiger partial charge in [0, 0.05) is 6.42 Å². The summed E-state index contributed by atoms with van der Waals surface area (Å²) in [5, 5.41) is 0. The van der Waals surface area contributed by atoms with Crippen molar-refractivity contribution in [3.05, 3.63) is 29.8 Å². The summed E-state index contributed by atoms with van der Waals surface area (Å²) in [6.45, 7) is 0. The number of hydrogen-bond donors (Lipinski definition) is 0. The van der Waals surface area contributed by atoms with Gasteiger partial charge in [0.2, 0.25) is 0 Å². The van der Waals surface area contributed by atoms with Crippen molar-refractivity contribution in [2.45, 2.75) is 51.0 Å². The first-order valence-corrected chi connectivity index (χ1v) is 8.57. The van der Waals surface area contributed by atoms with Gasteiger partial charge in [-0.3, -0.25) is 9.59 Å². The molecule has 0 amide bonds. The van der Waals surface area contributed by atoms with Crippen molar-refractivity contribution in [1.82, 2.24) is 0 Å². The van der Waals surface area contributed by atoms with E-state index in [1.165, 1.54) is 26.4 Å². The van der Waals surface area contributed by atoms with Gasteiger partial charge in [-0.2, -0.15) is 0 Å². The topological polar surface area (TPSA) is 52.6 Å². The first-order chi connectivity index (χ1) is 11.2. The number of methoxy groups -OCH3 is 1. The summed E-state index contributed by atoms with van der Waals surface area (Å²) in [5.74, 6) is 0.712. The lowest BCUT2D eigenvalue weighted by atomic mass is 9.75. The van der Waals surface area contributed by atoms with E-state index in [1.807, 2.05) is 24.3 Å². The lowest BCUT2D eigenvalue weighted by Gasteiger charge is -2.38. The second-order valence-corrected chi connectivity index (χ2v) is 6.56. The largest absolute Gasteiger partial charge is 0.489 e. The highest BCUT2D eigenvalue weighted by Gasteiger charge is 2.41. The zero-order valence-corrected chi connectivity index (χ0v) is 13.6. The monoisotopic (exact) mass is 316 g/mol. The van der Waals surface area contributed by atoms with Gasteiger partial charge >= 0.3 is 5.97 Å². The number of para-hydroxylation sites is 1. The van der Waals surface area contributed by atoms with E-state index in [0.29, 0.717) is 23.7 Å². The van der Waals surface area contributed by atoms with Crippen LogP contribution in [0.5, 0.6) is 5.75 Å². The van der Waals surface area contributed by atoms with Crippen molar-refractivity contribution >= 4 is 11.8 Å². The number of ether oxygens (including phenoxy) is 2. The summed E-state index contributed by atoms with van der Waals surface area (Å²) >= 11 is 0.